The highest BCUT2D eigenvalue weighted by atomic mass is 17.3. The van der Waals surface area contributed by atoms with Crippen LogP contribution in [0.25, 0.3) is 0 Å². The second-order valence-electron chi connectivity index (χ2n) is 2.85. The highest BCUT2D eigenvalue weighted by molar-refractivity contribution is 5.62. The molecule has 1 aliphatic rings. The number of amides is 1. The molecule has 1 amide bonds. The maximum absolute atomic E-state index is 9.92. The van der Waals surface area contributed by atoms with E-state index in [1.165, 1.54) is 6.42 Å². The van der Waals surface area contributed by atoms with Crippen LogP contribution in [-0.4, -0.2) is 17.3 Å². The van der Waals surface area contributed by atoms with E-state index in [2.05, 4.69) is 4.99 Å². The third-order valence-electron chi connectivity index (χ3n) is 1.87. The van der Waals surface area contributed by atoms with Crippen LogP contribution in [0.2, 0.25) is 0 Å². The Morgan fingerprint density at radius 3 is 2.58 bits per heavy atom. The first-order chi connectivity index (χ1) is 5.79. The van der Waals surface area contributed by atoms with Gasteiger partial charge in [-0.1, -0.05) is 19.3 Å². The van der Waals surface area contributed by atoms with Crippen molar-refractivity contribution in [2.24, 2.45) is 0 Å². The van der Waals surface area contributed by atoms with Gasteiger partial charge in [0.25, 0.3) is 0 Å². The summed E-state index contributed by atoms with van der Waals surface area (Å²) in [6.45, 7) is 0. The number of carbonyl (C=O) groups is 1. The largest absolute Gasteiger partial charge is 0.463 e. The Morgan fingerprint density at radius 1 is 1.33 bits per heavy atom. The van der Waals surface area contributed by atoms with Crippen LogP contribution in [0.15, 0.2) is 0 Å². The molecule has 2 N–H and O–H groups in total. The lowest BCUT2D eigenvalue weighted by Crippen LogP contribution is -2.26. The van der Waals surface area contributed by atoms with Crippen molar-refractivity contribution in [3.05, 3.63) is 0 Å². The summed E-state index contributed by atoms with van der Waals surface area (Å²) in [7, 11) is 0. The lowest BCUT2D eigenvalue weighted by Gasteiger charge is -2.19. The Balaban J connectivity index is 2.01. The van der Waals surface area contributed by atoms with E-state index in [-0.39, 0.29) is 6.10 Å². The van der Waals surface area contributed by atoms with E-state index < -0.39 is 6.09 Å². The third-order valence-corrected chi connectivity index (χ3v) is 1.87. The highest BCUT2D eigenvalue weighted by Crippen LogP contribution is 2.19. The summed E-state index contributed by atoms with van der Waals surface area (Å²) in [6.07, 6.45) is 4.17. The van der Waals surface area contributed by atoms with Crippen molar-refractivity contribution in [2.45, 2.75) is 38.2 Å². The lowest BCUT2D eigenvalue weighted by atomic mass is 9.98. The predicted octanol–water partition coefficient (Wildman–Crippen LogP) is 1.45. The highest BCUT2D eigenvalue weighted by Gasteiger charge is 2.14. The first-order valence-corrected chi connectivity index (χ1v) is 4.10. The molecule has 0 radical (unpaired) electrons. The molecule has 5 heteroatoms. The fourth-order valence-corrected chi connectivity index (χ4v) is 1.29. The summed E-state index contributed by atoms with van der Waals surface area (Å²) >= 11 is 0. The molecule has 0 aromatic carbocycles. The fourth-order valence-electron chi connectivity index (χ4n) is 1.29. The van der Waals surface area contributed by atoms with Crippen molar-refractivity contribution in [1.29, 1.82) is 0 Å². The number of carboxylic acid groups (broad SMARTS) is 1. The number of hydrogen-bond acceptors (Lipinski definition) is 3. The van der Waals surface area contributed by atoms with Crippen LogP contribution in [0.3, 0.4) is 0 Å². The van der Waals surface area contributed by atoms with Crippen molar-refractivity contribution >= 4 is 6.09 Å². The van der Waals surface area contributed by atoms with Gasteiger partial charge in [0.15, 0.2) is 0 Å². The molecule has 1 saturated carbocycles. The molecule has 12 heavy (non-hydrogen) atoms. The monoisotopic (exact) mass is 175 g/mol. The van der Waals surface area contributed by atoms with Crippen LogP contribution >= 0.6 is 0 Å². The van der Waals surface area contributed by atoms with E-state index in [9.17, 15) is 4.79 Å². The molecule has 1 rings (SSSR count). The van der Waals surface area contributed by atoms with Crippen LogP contribution in [0.1, 0.15) is 32.1 Å². The van der Waals surface area contributed by atoms with Gasteiger partial charge in [-0.15, -0.1) is 4.99 Å². The smallest absolute Gasteiger partial charge is 0.431 e. The summed E-state index contributed by atoms with van der Waals surface area (Å²) < 4.78 is 0. The number of hydroxylamine groups is 1. The molecule has 0 saturated heterocycles. The Hall–Kier alpha value is -0.810. The van der Waals surface area contributed by atoms with Crippen LogP contribution in [0.4, 0.5) is 4.79 Å². The van der Waals surface area contributed by atoms with Crippen LogP contribution < -0.4 is 5.48 Å². The van der Waals surface area contributed by atoms with Crippen molar-refractivity contribution in [2.75, 3.05) is 0 Å². The molecule has 1 fully saturated rings. The van der Waals surface area contributed by atoms with E-state index in [0.717, 1.165) is 25.7 Å². The maximum atomic E-state index is 9.92. The Labute approximate surface area is 70.5 Å². The standard InChI is InChI=1S/C7H13NO4/c9-7(10)8-12-11-6-4-2-1-3-5-6/h6,8H,1-5H2,(H,9,10). The Bertz CT molecular complexity index is 144. The van der Waals surface area contributed by atoms with Gasteiger partial charge in [-0.3, -0.25) is 0 Å². The molecular formula is C7H13NO4. The summed E-state index contributed by atoms with van der Waals surface area (Å²) in [5, 5.41) is 8.13. The van der Waals surface area contributed by atoms with Crippen molar-refractivity contribution in [3.63, 3.8) is 0 Å². The van der Waals surface area contributed by atoms with E-state index in [1.54, 1.807) is 5.48 Å². The number of nitrogens with one attached hydrogen (secondary N) is 1. The van der Waals surface area contributed by atoms with E-state index in [0.29, 0.717) is 0 Å². The van der Waals surface area contributed by atoms with Crippen molar-refractivity contribution in [3.8, 4) is 0 Å². The zero-order chi connectivity index (χ0) is 8.81. The van der Waals surface area contributed by atoms with Gasteiger partial charge in [-0.25, -0.2) is 9.68 Å². The van der Waals surface area contributed by atoms with Gasteiger partial charge in [-0.05, 0) is 12.8 Å². The minimum absolute atomic E-state index is 0.0469. The first-order valence-electron chi connectivity index (χ1n) is 4.10. The molecule has 0 aromatic heterocycles. The van der Waals surface area contributed by atoms with Gasteiger partial charge < -0.3 is 5.11 Å². The second-order valence-corrected chi connectivity index (χ2v) is 2.85. The summed E-state index contributed by atoms with van der Waals surface area (Å²) in [6, 6.07) is 0. The van der Waals surface area contributed by atoms with Gasteiger partial charge in [0, 0.05) is 0 Å². The van der Waals surface area contributed by atoms with Crippen LogP contribution in [0, 0.1) is 0 Å². The molecule has 70 valence electrons. The third kappa shape index (κ3) is 3.54. The molecule has 0 spiro atoms. The predicted molar refractivity (Wildman–Crippen MR) is 40.2 cm³/mol. The molecule has 1 aliphatic carbocycles. The van der Waals surface area contributed by atoms with E-state index in [1.807, 2.05) is 0 Å². The normalized spacial score (nSPS) is 19.0. The molecule has 0 bridgehead atoms. The maximum Gasteiger partial charge on any atom is 0.431 e. The van der Waals surface area contributed by atoms with Gasteiger partial charge in [0.2, 0.25) is 0 Å². The fraction of sp³-hybridized carbons (Fsp3) is 0.857. The quantitative estimate of drug-likeness (QED) is 0.503. The van der Waals surface area contributed by atoms with Gasteiger partial charge in [0.05, 0.1) is 6.10 Å². The second kappa shape index (κ2) is 4.95. The average Bonchev–Trinajstić information content (AvgIpc) is 2.05. The molecule has 0 heterocycles. The zero-order valence-electron chi connectivity index (χ0n) is 6.78. The number of hydrogen-bond donors (Lipinski definition) is 2. The molecule has 0 aliphatic heterocycles. The SMILES string of the molecule is O=C(O)NOOC1CCCCC1. The minimum Gasteiger partial charge on any atom is -0.463 e. The zero-order valence-corrected chi connectivity index (χ0v) is 6.78. The summed E-state index contributed by atoms with van der Waals surface area (Å²) in [5.41, 5.74) is 1.69. The summed E-state index contributed by atoms with van der Waals surface area (Å²) in [5.74, 6) is 0. The van der Waals surface area contributed by atoms with Gasteiger partial charge in [-0.2, -0.15) is 5.48 Å². The molecular weight excluding hydrogens is 162 g/mol. The molecule has 0 aromatic rings. The topological polar surface area (TPSA) is 67.8 Å². The van der Waals surface area contributed by atoms with Crippen LogP contribution in [-0.2, 0) is 9.88 Å². The molecule has 0 unspecified atom stereocenters. The summed E-state index contributed by atoms with van der Waals surface area (Å²) in [4.78, 5) is 19.0. The Morgan fingerprint density at radius 2 is 2.00 bits per heavy atom. The van der Waals surface area contributed by atoms with Gasteiger partial charge in [0.1, 0.15) is 0 Å². The first kappa shape index (κ1) is 9.28. The molecule has 0 atom stereocenters. The van der Waals surface area contributed by atoms with Crippen molar-refractivity contribution < 1.29 is 19.8 Å². The average molecular weight is 175 g/mol. The lowest BCUT2D eigenvalue weighted by molar-refractivity contribution is -0.356. The van der Waals surface area contributed by atoms with Gasteiger partial charge >= 0.3 is 6.09 Å². The van der Waals surface area contributed by atoms with E-state index in [4.69, 9.17) is 9.99 Å². The van der Waals surface area contributed by atoms with Crippen LogP contribution in [0.5, 0.6) is 0 Å². The van der Waals surface area contributed by atoms with E-state index >= 15 is 0 Å². The van der Waals surface area contributed by atoms with Crippen molar-refractivity contribution in [1.82, 2.24) is 5.48 Å². The number of rotatable bonds is 3. The minimum atomic E-state index is -1.24. The molecule has 5 nitrogen and oxygen atoms in total. The Kier molecular flexibility index (Phi) is 3.83.